The summed E-state index contributed by atoms with van der Waals surface area (Å²) in [6, 6.07) is 6.46. The molecule has 0 aliphatic carbocycles. The summed E-state index contributed by atoms with van der Waals surface area (Å²) < 4.78 is 24.6. The number of hydrazone groups is 1. The van der Waals surface area contributed by atoms with Crippen LogP contribution >= 0.6 is 27.5 Å². The van der Waals surface area contributed by atoms with Gasteiger partial charge in [0.15, 0.2) is 0 Å². The first-order valence-corrected chi connectivity index (χ1v) is 8.46. The second kappa shape index (κ2) is 6.55. The molecule has 0 spiro atoms. The molecule has 2 aromatic rings. The fraction of sp³-hybridized carbons (Fsp3) is 0.0769. The largest absolute Gasteiger partial charge is 0.276 e. The van der Waals surface area contributed by atoms with Crippen molar-refractivity contribution in [3.05, 3.63) is 57.3 Å². The molecule has 1 aromatic carbocycles. The monoisotopic (exact) mass is 387 g/mol. The van der Waals surface area contributed by atoms with E-state index >= 15 is 0 Å². The summed E-state index contributed by atoms with van der Waals surface area (Å²) in [6.07, 6.45) is 4.32. The van der Waals surface area contributed by atoms with Gasteiger partial charge in [0.2, 0.25) is 0 Å². The molecule has 0 saturated carbocycles. The van der Waals surface area contributed by atoms with Crippen molar-refractivity contribution in [1.29, 1.82) is 0 Å². The third-order valence-electron chi connectivity index (χ3n) is 2.57. The Kier molecular flexibility index (Phi) is 4.97. The lowest BCUT2D eigenvalue weighted by molar-refractivity contribution is 0.584. The van der Waals surface area contributed by atoms with Crippen molar-refractivity contribution in [2.75, 3.05) is 0 Å². The first kappa shape index (κ1) is 15.9. The van der Waals surface area contributed by atoms with Crippen LogP contribution in [0.1, 0.15) is 11.1 Å². The number of nitrogens with zero attached hydrogens (tertiary/aromatic N) is 2. The number of pyridine rings is 1. The molecule has 0 aliphatic rings. The molecular weight excluding hydrogens is 378 g/mol. The van der Waals surface area contributed by atoms with Crippen molar-refractivity contribution < 1.29 is 8.42 Å². The Balaban J connectivity index is 2.16. The molecule has 0 saturated heterocycles. The highest BCUT2D eigenvalue weighted by Gasteiger charge is 2.12. The van der Waals surface area contributed by atoms with E-state index in [9.17, 15) is 8.42 Å². The minimum absolute atomic E-state index is 0.142. The Hall–Kier alpha value is -1.44. The fourth-order valence-electron chi connectivity index (χ4n) is 1.46. The van der Waals surface area contributed by atoms with Crippen molar-refractivity contribution in [3.63, 3.8) is 0 Å². The van der Waals surface area contributed by atoms with Gasteiger partial charge in [-0.25, -0.2) is 4.83 Å². The number of halogens is 2. The summed E-state index contributed by atoms with van der Waals surface area (Å²) in [4.78, 5) is 6.20. The first-order valence-electron chi connectivity index (χ1n) is 5.81. The van der Waals surface area contributed by atoms with Crippen molar-refractivity contribution in [2.45, 2.75) is 11.8 Å². The predicted molar refractivity (Wildman–Crippen MR) is 86.0 cm³/mol. The zero-order valence-electron chi connectivity index (χ0n) is 10.9. The van der Waals surface area contributed by atoms with Gasteiger partial charge in [0, 0.05) is 18.0 Å². The second-order valence-electron chi connectivity index (χ2n) is 4.19. The summed E-state index contributed by atoms with van der Waals surface area (Å²) in [6.45, 7) is 1.88. The van der Waals surface area contributed by atoms with Crippen LogP contribution in [0.25, 0.3) is 0 Å². The van der Waals surface area contributed by atoms with Crippen LogP contribution in [0.2, 0.25) is 5.02 Å². The molecule has 0 bridgehead atoms. The smallest absolute Gasteiger partial charge is 0.263 e. The molecule has 1 N–H and O–H groups in total. The average Bonchev–Trinajstić information content (AvgIpc) is 2.44. The second-order valence-corrected chi connectivity index (χ2v) is 7.08. The highest BCUT2D eigenvalue weighted by molar-refractivity contribution is 9.10. The quantitative estimate of drug-likeness (QED) is 0.646. The standard InChI is InChI=1S/C13H11BrClN3O2S/c1-9-2-4-11(5-3-9)21(19,20)18-17-7-10-6-16-8-12(14)13(10)15/h2-8,18H,1H3/b17-7+. The Morgan fingerprint density at radius 2 is 1.95 bits per heavy atom. The first-order chi connectivity index (χ1) is 9.90. The lowest BCUT2D eigenvalue weighted by Gasteiger charge is -2.04. The van der Waals surface area contributed by atoms with Crippen LogP contribution in [0.5, 0.6) is 0 Å². The molecule has 0 aliphatic heterocycles. The molecule has 21 heavy (non-hydrogen) atoms. The highest BCUT2D eigenvalue weighted by atomic mass is 79.9. The third kappa shape index (κ3) is 4.03. The van der Waals surface area contributed by atoms with Gasteiger partial charge in [-0.3, -0.25) is 4.98 Å². The maximum atomic E-state index is 12.0. The van der Waals surface area contributed by atoms with Gasteiger partial charge in [-0.2, -0.15) is 13.5 Å². The van der Waals surface area contributed by atoms with E-state index < -0.39 is 10.0 Å². The minimum Gasteiger partial charge on any atom is -0.263 e. The van der Waals surface area contributed by atoms with E-state index in [1.54, 1.807) is 12.1 Å². The molecular formula is C13H11BrClN3O2S. The van der Waals surface area contributed by atoms with Gasteiger partial charge in [0.05, 0.1) is 20.6 Å². The lowest BCUT2D eigenvalue weighted by atomic mass is 10.2. The topological polar surface area (TPSA) is 71.4 Å². The van der Waals surface area contributed by atoms with Crippen LogP contribution in [0.15, 0.2) is 51.1 Å². The number of aromatic nitrogens is 1. The van der Waals surface area contributed by atoms with E-state index in [1.807, 2.05) is 6.92 Å². The molecule has 8 heteroatoms. The lowest BCUT2D eigenvalue weighted by Crippen LogP contribution is -2.18. The van der Waals surface area contributed by atoms with Crippen molar-refractivity contribution in [2.24, 2.45) is 5.10 Å². The SMILES string of the molecule is Cc1ccc(S(=O)(=O)N/N=C/c2cncc(Br)c2Cl)cc1. The van der Waals surface area contributed by atoms with Gasteiger partial charge in [-0.05, 0) is 35.0 Å². The van der Waals surface area contributed by atoms with Crippen LogP contribution in [-0.4, -0.2) is 19.6 Å². The van der Waals surface area contributed by atoms with Crippen LogP contribution in [0.3, 0.4) is 0 Å². The van der Waals surface area contributed by atoms with E-state index in [0.29, 0.717) is 15.1 Å². The molecule has 1 aromatic heterocycles. The predicted octanol–water partition coefficient (Wildman–Crippen LogP) is 3.12. The van der Waals surface area contributed by atoms with Crippen molar-refractivity contribution in [1.82, 2.24) is 9.82 Å². The van der Waals surface area contributed by atoms with E-state index in [2.05, 4.69) is 30.8 Å². The van der Waals surface area contributed by atoms with E-state index in [0.717, 1.165) is 5.56 Å². The van der Waals surface area contributed by atoms with Gasteiger partial charge in [-0.15, -0.1) is 0 Å². The molecule has 2 rings (SSSR count). The van der Waals surface area contributed by atoms with Crippen molar-refractivity contribution >= 4 is 43.8 Å². The van der Waals surface area contributed by atoms with Gasteiger partial charge >= 0.3 is 0 Å². The molecule has 5 nitrogen and oxygen atoms in total. The molecule has 1 heterocycles. The molecule has 0 amide bonds. The van der Waals surface area contributed by atoms with Crippen molar-refractivity contribution in [3.8, 4) is 0 Å². The van der Waals surface area contributed by atoms with Crippen LogP contribution in [0, 0.1) is 6.92 Å². The third-order valence-corrected chi connectivity index (χ3v) is 5.06. The number of sulfonamides is 1. The maximum absolute atomic E-state index is 12.0. The van der Waals surface area contributed by atoms with Gasteiger partial charge in [-0.1, -0.05) is 29.3 Å². The summed E-state index contributed by atoms with van der Waals surface area (Å²) in [7, 11) is -3.69. The Morgan fingerprint density at radius 3 is 2.62 bits per heavy atom. The molecule has 0 fully saturated rings. The average molecular weight is 389 g/mol. The summed E-state index contributed by atoms with van der Waals surface area (Å²) >= 11 is 9.25. The van der Waals surface area contributed by atoms with E-state index in [-0.39, 0.29) is 4.90 Å². The van der Waals surface area contributed by atoms with Crippen LogP contribution < -0.4 is 4.83 Å². The number of hydrogen-bond donors (Lipinski definition) is 1. The van der Waals surface area contributed by atoms with Gasteiger partial charge in [0.1, 0.15) is 0 Å². The van der Waals surface area contributed by atoms with E-state index in [4.69, 9.17) is 11.6 Å². The highest BCUT2D eigenvalue weighted by Crippen LogP contribution is 2.23. The molecule has 0 atom stereocenters. The zero-order valence-corrected chi connectivity index (χ0v) is 14.1. The summed E-state index contributed by atoms with van der Waals surface area (Å²) in [5, 5.41) is 4.11. The number of benzene rings is 1. The minimum atomic E-state index is -3.69. The van der Waals surface area contributed by atoms with Crippen LogP contribution in [-0.2, 0) is 10.0 Å². The number of rotatable bonds is 4. The Morgan fingerprint density at radius 1 is 1.29 bits per heavy atom. The van der Waals surface area contributed by atoms with Gasteiger partial charge in [0.25, 0.3) is 10.0 Å². The van der Waals surface area contributed by atoms with Gasteiger partial charge < -0.3 is 0 Å². The molecule has 0 unspecified atom stereocenters. The number of hydrogen-bond acceptors (Lipinski definition) is 4. The fourth-order valence-corrected chi connectivity index (χ4v) is 2.74. The number of nitrogens with one attached hydrogen (secondary N) is 1. The van der Waals surface area contributed by atoms with E-state index in [1.165, 1.54) is 30.7 Å². The zero-order chi connectivity index (χ0) is 15.5. The number of aryl methyl sites for hydroxylation is 1. The molecule has 0 radical (unpaired) electrons. The summed E-state index contributed by atoms with van der Waals surface area (Å²) in [5.74, 6) is 0. The summed E-state index contributed by atoms with van der Waals surface area (Å²) in [5.41, 5.74) is 1.47. The Bertz CT molecular complexity index is 777. The normalized spacial score (nSPS) is 11.8. The van der Waals surface area contributed by atoms with Crippen LogP contribution in [0.4, 0.5) is 0 Å². The molecule has 110 valence electrons. The Labute approximate surface area is 136 Å². The maximum Gasteiger partial charge on any atom is 0.276 e.